The van der Waals surface area contributed by atoms with E-state index in [1.54, 1.807) is 0 Å². The number of rotatable bonds is 8. The molecule has 4 N–H and O–H groups in total. The summed E-state index contributed by atoms with van der Waals surface area (Å²) in [5.41, 5.74) is 6.06. The number of carbonyl (C=O) groups is 1. The molecule has 0 aliphatic carbocycles. The van der Waals surface area contributed by atoms with Crippen LogP contribution in [0, 0.1) is 5.92 Å². The number of primary amides is 1. The minimum atomic E-state index is -0.867. The zero-order valence-electron chi connectivity index (χ0n) is 12.1. The molecule has 0 saturated carbocycles. The Morgan fingerprint density at radius 1 is 1.30 bits per heavy atom. The van der Waals surface area contributed by atoms with E-state index in [9.17, 15) is 9.90 Å². The molecule has 0 unspecified atom stereocenters. The number of nitrogens with two attached hydrogens (primary N) is 1. The minimum absolute atomic E-state index is 0.364. The lowest BCUT2D eigenvalue weighted by atomic mass is 10.0. The maximum absolute atomic E-state index is 11.0. The first-order valence-corrected chi connectivity index (χ1v) is 6.87. The van der Waals surface area contributed by atoms with E-state index < -0.39 is 18.3 Å². The van der Waals surface area contributed by atoms with Crippen molar-refractivity contribution in [3.05, 3.63) is 35.9 Å². The predicted octanol–water partition coefficient (Wildman–Crippen LogP) is 1.30. The summed E-state index contributed by atoms with van der Waals surface area (Å²) in [5.74, 6) is 0.492. The van der Waals surface area contributed by atoms with E-state index in [4.69, 9.17) is 10.5 Å². The lowest BCUT2D eigenvalue weighted by Gasteiger charge is -2.23. The fraction of sp³-hybridized carbons (Fsp3) is 0.533. The molecule has 0 spiro atoms. The predicted molar refractivity (Wildman–Crippen MR) is 78.3 cm³/mol. The fourth-order valence-electron chi connectivity index (χ4n) is 1.90. The monoisotopic (exact) mass is 280 g/mol. The molecule has 112 valence electrons. The van der Waals surface area contributed by atoms with Crippen LogP contribution in [0.3, 0.4) is 0 Å². The van der Waals surface area contributed by atoms with Gasteiger partial charge in [0, 0.05) is 13.0 Å². The molecule has 1 rings (SSSR count). The van der Waals surface area contributed by atoms with Crippen molar-refractivity contribution in [1.29, 1.82) is 0 Å². The molecule has 5 heteroatoms. The molecule has 1 amide bonds. The molecule has 0 aliphatic rings. The van der Waals surface area contributed by atoms with Crippen molar-refractivity contribution in [2.45, 2.75) is 32.5 Å². The highest BCUT2D eigenvalue weighted by Gasteiger charge is 2.22. The Kier molecular flexibility index (Phi) is 7.04. The highest BCUT2D eigenvalue weighted by atomic mass is 16.6. The summed E-state index contributed by atoms with van der Waals surface area (Å²) in [6.45, 7) is 5.33. The van der Waals surface area contributed by atoms with Gasteiger partial charge in [0.15, 0.2) is 0 Å². The molecule has 0 saturated heterocycles. The Morgan fingerprint density at radius 2 is 1.95 bits per heavy atom. The average Bonchev–Trinajstić information content (AvgIpc) is 2.38. The van der Waals surface area contributed by atoms with Gasteiger partial charge >= 0.3 is 6.09 Å². The average molecular weight is 280 g/mol. The summed E-state index contributed by atoms with van der Waals surface area (Å²) in [7, 11) is 0. The van der Waals surface area contributed by atoms with Gasteiger partial charge in [-0.2, -0.15) is 0 Å². The minimum Gasteiger partial charge on any atom is -0.443 e. The SMILES string of the molecule is CC(C)CNC[C@H](O)[C@H](Cc1ccccc1)OC(N)=O. The summed E-state index contributed by atoms with van der Waals surface area (Å²) < 4.78 is 5.02. The second kappa shape index (κ2) is 8.55. The van der Waals surface area contributed by atoms with E-state index in [-0.39, 0.29) is 0 Å². The molecular weight excluding hydrogens is 256 g/mol. The van der Waals surface area contributed by atoms with E-state index >= 15 is 0 Å². The van der Waals surface area contributed by atoms with Gasteiger partial charge in [-0.05, 0) is 18.0 Å². The summed E-state index contributed by atoms with van der Waals surface area (Å²) in [4.78, 5) is 11.0. The normalized spacial score (nSPS) is 14.0. The lowest BCUT2D eigenvalue weighted by molar-refractivity contribution is 0.00722. The number of ether oxygens (including phenoxy) is 1. The first-order chi connectivity index (χ1) is 9.49. The van der Waals surface area contributed by atoms with Crippen LogP contribution in [0.1, 0.15) is 19.4 Å². The first kappa shape index (κ1) is 16.5. The Bertz CT molecular complexity index is 395. The molecule has 0 fully saturated rings. The second-order valence-electron chi connectivity index (χ2n) is 5.28. The third kappa shape index (κ3) is 6.54. The zero-order chi connectivity index (χ0) is 15.0. The third-order valence-electron chi connectivity index (χ3n) is 2.88. The van der Waals surface area contributed by atoms with Crippen LogP contribution in [0.2, 0.25) is 0 Å². The lowest BCUT2D eigenvalue weighted by Crippen LogP contribution is -2.42. The summed E-state index contributed by atoms with van der Waals surface area (Å²) in [6, 6.07) is 9.56. The maximum Gasteiger partial charge on any atom is 0.404 e. The van der Waals surface area contributed by atoms with E-state index in [0.717, 1.165) is 12.1 Å². The van der Waals surface area contributed by atoms with Crippen LogP contribution in [0.5, 0.6) is 0 Å². The van der Waals surface area contributed by atoms with Gasteiger partial charge in [0.25, 0.3) is 0 Å². The summed E-state index contributed by atoms with van der Waals surface area (Å²) in [5, 5.41) is 13.3. The molecular formula is C15H24N2O3. The van der Waals surface area contributed by atoms with Crippen LogP contribution in [0.25, 0.3) is 0 Å². The summed E-state index contributed by atoms with van der Waals surface area (Å²) in [6.07, 6.45) is -1.86. The van der Waals surface area contributed by atoms with Crippen LogP contribution in [-0.4, -0.2) is 36.5 Å². The zero-order valence-corrected chi connectivity index (χ0v) is 12.1. The quantitative estimate of drug-likeness (QED) is 0.670. The Morgan fingerprint density at radius 3 is 2.50 bits per heavy atom. The van der Waals surface area contributed by atoms with E-state index in [1.165, 1.54) is 0 Å². The first-order valence-electron chi connectivity index (χ1n) is 6.87. The van der Waals surface area contributed by atoms with E-state index in [1.807, 2.05) is 30.3 Å². The van der Waals surface area contributed by atoms with Crippen molar-refractivity contribution >= 4 is 6.09 Å². The number of amides is 1. The Hall–Kier alpha value is -1.59. The number of carbonyl (C=O) groups excluding carboxylic acids is 1. The van der Waals surface area contributed by atoms with Crippen LogP contribution in [0.15, 0.2) is 30.3 Å². The summed E-state index contributed by atoms with van der Waals surface area (Å²) >= 11 is 0. The van der Waals surface area contributed by atoms with Gasteiger partial charge in [0.1, 0.15) is 12.2 Å². The standard InChI is InChI=1S/C15H24N2O3/c1-11(2)9-17-10-13(18)14(20-15(16)19)8-12-6-4-3-5-7-12/h3-7,11,13-14,17-18H,8-10H2,1-2H3,(H2,16,19)/t13-,14-/m0/s1. The van der Waals surface area contributed by atoms with Gasteiger partial charge in [0.05, 0.1) is 0 Å². The highest BCUT2D eigenvalue weighted by molar-refractivity contribution is 5.64. The largest absolute Gasteiger partial charge is 0.443 e. The van der Waals surface area contributed by atoms with Crippen molar-refractivity contribution in [1.82, 2.24) is 5.32 Å². The van der Waals surface area contributed by atoms with Crippen molar-refractivity contribution < 1.29 is 14.6 Å². The number of nitrogens with one attached hydrogen (secondary N) is 1. The molecule has 0 aromatic heterocycles. The number of benzene rings is 1. The van der Waals surface area contributed by atoms with Crippen molar-refractivity contribution in [3.63, 3.8) is 0 Å². The molecule has 0 heterocycles. The molecule has 2 atom stereocenters. The fourth-order valence-corrected chi connectivity index (χ4v) is 1.90. The van der Waals surface area contributed by atoms with Crippen molar-refractivity contribution in [2.75, 3.05) is 13.1 Å². The van der Waals surface area contributed by atoms with Crippen molar-refractivity contribution in [2.24, 2.45) is 11.7 Å². The van der Waals surface area contributed by atoms with Gasteiger partial charge in [-0.25, -0.2) is 4.79 Å². The molecule has 20 heavy (non-hydrogen) atoms. The van der Waals surface area contributed by atoms with Gasteiger partial charge < -0.3 is 20.9 Å². The smallest absolute Gasteiger partial charge is 0.404 e. The van der Waals surface area contributed by atoms with E-state index in [0.29, 0.717) is 18.9 Å². The van der Waals surface area contributed by atoms with Gasteiger partial charge in [0.2, 0.25) is 0 Å². The number of aliphatic hydroxyl groups is 1. The van der Waals surface area contributed by atoms with Crippen LogP contribution >= 0.6 is 0 Å². The van der Waals surface area contributed by atoms with Crippen LogP contribution < -0.4 is 11.1 Å². The molecule has 1 aromatic rings. The Labute approximate surface area is 120 Å². The molecule has 0 radical (unpaired) electrons. The van der Waals surface area contributed by atoms with Gasteiger partial charge in [-0.3, -0.25) is 0 Å². The van der Waals surface area contributed by atoms with Gasteiger partial charge in [-0.1, -0.05) is 44.2 Å². The van der Waals surface area contributed by atoms with Crippen LogP contribution in [-0.2, 0) is 11.2 Å². The molecule has 0 aliphatic heterocycles. The van der Waals surface area contributed by atoms with E-state index in [2.05, 4.69) is 19.2 Å². The number of hydrogen-bond donors (Lipinski definition) is 3. The molecule has 0 bridgehead atoms. The highest BCUT2D eigenvalue weighted by Crippen LogP contribution is 2.09. The number of hydrogen-bond acceptors (Lipinski definition) is 4. The molecule has 1 aromatic carbocycles. The topological polar surface area (TPSA) is 84.6 Å². The molecule has 5 nitrogen and oxygen atoms in total. The maximum atomic E-state index is 11.0. The third-order valence-corrected chi connectivity index (χ3v) is 2.88. The van der Waals surface area contributed by atoms with Crippen molar-refractivity contribution in [3.8, 4) is 0 Å². The second-order valence-corrected chi connectivity index (χ2v) is 5.28. The van der Waals surface area contributed by atoms with Crippen LogP contribution in [0.4, 0.5) is 4.79 Å². The van der Waals surface area contributed by atoms with Gasteiger partial charge in [-0.15, -0.1) is 0 Å². The number of aliphatic hydroxyl groups excluding tert-OH is 1. The Balaban J connectivity index is 2.56.